The summed E-state index contributed by atoms with van der Waals surface area (Å²) in [5, 5.41) is 11.3. The molecule has 9 nitrogen and oxygen atoms in total. The number of ether oxygens (including phenoxy) is 1. The largest absolute Gasteiger partial charge is 0.412 e. The molecule has 10 heteroatoms. The monoisotopic (exact) mass is 428 g/mol. The number of Topliss-reactive ketones (excluding diaryl/α,β-unsaturated/α-hetero) is 1. The Labute approximate surface area is 176 Å². The van der Waals surface area contributed by atoms with Gasteiger partial charge in [-0.2, -0.15) is 5.10 Å². The first kappa shape index (κ1) is 21.3. The van der Waals surface area contributed by atoms with Crippen molar-refractivity contribution >= 4 is 35.3 Å². The van der Waals surface area contributed by atoms with Gasteiger partial charge in [0.2, 0.25) is 11.6 Å². The Balaban J connectivity index is 1.44. The standard InChI is InChI=1S/C20H20N4O5S/c1-21-19(27)17-15-16(23-24-17)13(25)11-14(18(15)26)30-10-6-5-9-22-20(28)29-12-7-3-2-4-8-12/h2-4,7-8,11H,5-6,9-10H2,1H3,(H,21,27)(H,22,28)(H,23,24). The van der Waals surface area contributed by atoms with Gasteiger partial charge in [-0.15, -0.1) is 11.8 Å². The van der Waals surface area contributed by atoms with Gasteiger partial charge < -0.3 is 15.4 Å². The molecule has 0 saturated carbocycles. The average Bonchev–Trinajstić information content (AvgIpc) is 3.20. The number of nitrogens with one attached hydrogen (secondary N) is 3. The summed E-state index contributed by atoms with van der Waals surface area (Å²) in [6, 6.07) is 8.75. The van der Waals surface area contributed by atoms with E-state index < -0.39 is 23.6 Å². The molecule has 3 rings (SSSR count). The van der Waals surface area contributed by atoms with Gasteiger partial charge in [-0.3, -0.25) is 19.5 Å². The number of carbonyl (C=O) groups is 4. The Morgan fingerprint density at radius 3 is 2.67 bits per heavy atom. The quantitative estimate of drug-likeness (QED) is 0.550. The maximum atomic E-state index is 12.7. The van der Waals surface area contributed by atoms with Crippen molar-refractivity contribution in [2.24, 2.45) is 0 Å². The molecule has 0 unspecified atom stereocenters. The molecule has 1 aromatic carbocycles. The van der Waals surface area contributed by atoms with Crippen molar-refractivity contribution in [2.45, 2.75) is 12.8 Å². The number of carbonyl (C=O) groups excluding carboxylic acids is 4. The van der Waals surface area contributed by atoms with Crippen LogP contribution in [0, 0.1) is 0 Å². The van der Waals surface area contributed by atoms with Crippen LogP contribution in [0.15, 0.2) is 41.3 Å². The first-order chi connectivity index (χ1) is 14.5. The predicted molar refractivity (Wildman–Crippen MR) is 111 cm³/mol. The molecule has 0 spiro atoms. The van der Waals surface area contributed by atoms with E-state index in [1.54, 1.807) is 24.3 Å². The van der Waals surface area contributed by atoms with Crippen molar-refractivity contribution in [2.75, 3.05) is 19.3 Å². The number of benzene rings is 1. The van der Waals surface area contributed by atoms with E-state index in [2.05, 4.69) is 20.8 Å². The van der Waals surface area contributed by atoms with Gasteiger partial charge >= 0.3 is 6.09 Å². The average molecular weight is 428 g/mol. The smallest absolute Gasteiger partial charge is 0.410 e. The van der Waals surface area contributed by atoms with Gasteiger partial charge in [-0.25, -0.2) is 4.79 Å². The van der Waals surface area contributed by atoms with Crippen LogP contribution in [-0.4, -0.2) is 53.1 Å². The van der Waals surface area contributed by atoms with E-state index in [0.29, 0.717) is 30.9 Å². The fraction of sp³-hybridized carbons (Fsp3) is 0.250. The van der Waals surface area contributed by atoms with Crippen LogP contribution >= 0.6 is 11.8 Å². The fourth-order valence-electron chi connectivity index (χ4n) is 2.75. The zero-order valence-corrected chi connectivity index (χ0v) is 17.0. The molecule has 2 amide bonds. The molecule has 0 aliphatic heterocycles. The van der Waals surface area contributed by atoms with Crippen LogP contribution in [0.25, 0.3) is 0 Å². The third-order valence-electron chi connectivity index (χ3n) is 4.22. The molecule has 1 aliphatic carbocycles. The first-order valence-electron chi connectivity index (χ1n) is 9.26. The highest BCUT2D eigenvalue weighted by atomic mass is 32.2. The van der Waals surface area contributed by atoms with E-state index in [-0.39, 0.29) is 21.9 Å². The van der Waals surface area contributed by atoms with Crippen molar-refractivity contribution in [3.63, 3.8) is 0 Å². The number of unbranched alkanes of at least 4 members (excludes halogenated alkanes) is 1. The summed E-state index contributed by atoms with van der Waals surface area (Å²) in [5.41, 5.74) is -0.0445. The van der Waals surface area contributed by atoms with Crippen LogP contribution in [0.2, 0.25) is 0 Å². The fourth-order valence-corrected chi connectivity index (χ4v) is 3.74. The van der Waals surface area contributed by atoms with Gasteiger partial charge in [0.15, 0.2) is 0 Å². The highest BCUT2D eigenvalue weighted by Crippen LogP contribution is 2.29. The number of hydrogen-bond acceptors (Lipinski definition) is 7. The van der Waals surface area contributed by atoms with Crippen LogP contribution in [0.5, 0.6) is 5.75 Å². The third-order valence-corrected chi connectivity index (χ3v) is 5.33. The topological polar surface area (TPSA) is 130 Å². The molecule has 2 aromatic rings. The summed E-state index contributed by atoms with van der Waals surface area (Å²) >= 11 is 1.24. The highest BCUT2D eigenvalue weighted by molar-refractivity contribution is 8.04. The minimum absolute atomic E-state index is 0.00896. The van der Waals surface area contributed by atoms with E-state index in [0.717, 1.165) is 0 Å². The number of aromatic nitrogens is 2. The number of H-pyrrole nitrogens is 1. The Morgan fingerprint density at radius 1 is 1.17 bits per heavy atom. The number of nitrogens with zero attached hydrogens (tertiary/aromatic N) is 1. The molecule has 1 heterocycles. The second-order valence-corrected chi connectivity index (χ2v) is 7.42. The van der Waals surface area contributed by atoms with Gasteiger partial charge in [0, 0.05) is 19.7 Å². The number of amides is 2. The summed E-state index contributed by atoms with van der Waals surface area (Å²) < 4.78 is 5.12. The third kappa shape index (κ3) is 4.95. The number of hydrogen-bond donors (Lipinski definition) is 3. The molecular formula is C20H20N4O5S. The molecule has 0 fully saturated rings. The van der Waals surface area contributed by atoms with E-state index >= 15 is 0 Å². The number of thioether (sulfide) groups is 1. The number of allylic oxidation sites excluding steroid dienone is 2. The number of aromatic amines is 1. The maximum Gasteiger partial charge on any atom is 0.412 e. The molecule has 0 bridgehead atoms. The molecule has 3 N–H and O–H groups in total. The Kier molecular flexibility index (Phi) is 7.02. The molecular weight excluding hydrogens is 408 g/mol. The lowest BCUT2D eigenvalue weighted by Gasteiger charge is -2.12. The van der Waals surface area contributed by atoms with Crippen LogP contribution in [0.4, 0.5) is 4.79 Å². The molecule has 1 aromatic heterocycles. The Hall–Kier alpha value is -3.40. The summed E-state index contributed by atoms with van der Waals surface area (Å²) in [4.78, 5) is 48.8. The summed E-state index contributed by atoms with van der Waals surface area (Å²) in [6.45, 7) is 0.421. The normalized spacial score (nSPS) is 12.8. The number of ketones is 2. The van der Waals surface area contributed by atoms with Gasteiger partial charge in [0.05, 0.1) is 10.5 Å². The summed E-state index contributed by atoms with van der Waals surface area (Å²) in [7, 11) is 1.43. The number of fused-ring (bicyclic) bond motifs is 1. The lowest BCUT2D eigenvalue weighted by atomic mass is 9.99. The van der Waals surface area contributed by atoms with Crippen LogP contribution < -0.4 is 15.4 Å². The van der Waals surface area contributed by atoms with Crippen molar-refractivity contribution in [1.29, 1.82) is 0 Å². The second kappa shape index (κ2) is 9.88. The SMILES string of the molecule is CNC(=O)c1[nH]nc2c1C(=O)C(SCCCCNC(=O)Oc1ccccc1)=CC2=O. The van der Waals surface area contributed by atoms with Crippen LogP contribution in [0.1, 0.15) is 44.2 Å². The zero-order valence-electron chi connectivity index (χ0n) is 16.2. The van der Waals surface area contributed by atoms with E-state index in [4.69, 9.17) is 4.74 Å². The van der Waals surface area contributed by atoms with Gasteiger partial charge in [-0.05, 0) is 30.7 Å². The summed E-state index contributed by atoms with van der Waals surface area (Å²) in [6.07, 6.45) is 2.10. The minimum Gasteiger partial charge on any atom is -0.410 e. The molecule has 1 aliphatic rings. The molecule has 0 atom stereocenters. The number of para-hydroxylation sites is 1. The van der Waals surface area contributed by atoms with Crippen molar-refractivity contribution in [3.8, 4) is 5.75 Å². The molecule has 0 radical (unpaired) electrons. The van der Waals surface area contributed by atoms with Crippen molar-refractivity contribution in [1.82, 2.24) is 20.8 Å². The van der Waals surface area contributed by atoms with E-state index in [9.17, 15) is 19.2 Å². The molecule has 0 saturated heterocycles. The number of rotatable bonds is 8. The maximum absolute atomic E-state index is 12.7. The highest BCUT2D eigenvalue weighted by Gasteiger charge is 2.33. The molecule has 156 valence electrons. The second-order valence-electron chi connectivity index (χ2n) is 6.29. The zero-order chi connectivity index (χ0) is 21.5. The van der Waals surface area contributed by atoms with Crippen molar-refractivity contribution in [3.05, 3.63) is 58.3 Å². The van der Waals surface area contributed by atoms with E-state index in [1.807, 2.05) is 6.07 Å². The van der Waals surface area contributed by atoms with Gasteiger partial charge in [0.1, 0.15) is 17.1 Å². The Morgan fingerprint density at radius 2 is 1.93 bits per heavy atom. The molecule has 30 heavy (non-hydrogen) atoms. The lowest BCUT2D eigenvalue weighted by molar-refractivity contribution is 0.0945. The van der Waals surface area contributed by atoms with Crippen molar-refractivity contribution < 1.29 is 23.9 Å². The first-order valence-corrected chi connectivity index (χ1v) is 10.2. The predicted octanol–water partition coefficient (Wildman–Crippen LogP) is 2.33. The lowest BCUT2D eigenvalue weighted by Crippen LogP contribution is -2.27. The van der Waals surface area contributed by atoms with E-state index in [1.165, 1.54) is 24.9 Å². The summed E-state index contributed by atoms with van der Waals surface area (Å²) in [5.74, 6) is -0.282. The van der Waals surface area contributed by atoms with Crippen LogP contribution in [0.3, 0.4) is 0 Å². The van der Waals surface area contributed by atoms with Gasteiger partial charge in [0.25, 0.3) is 5.91 Å². The van der Waals surface area contributed by atoms with Crippen LogP contribution in [-0.2, 0) is 0 Å². The van der Waals surface area contributed by atoms with Gasteiger partial charge in [-0.1, -0.05) is 18.2 Å². The Bertz CT molecular complexity index is 1000. The minimum atomic E-state index is -0.529.